The average Bonchev–Trinajstić information content (AvgIpc) is 2.53. The van der Waals surface area contributed by atoms with E-state index < -0.39 is 0 Å². The van der Waals surface area contributed by atoms with E-state index in [1.54, 1.807) is 36.7 Å². The van der Waals surface area contributed by atoms with Crippen LogP contribution < -0.4 is 16.4 Å². The van der Waals surface area contributed by atoms with Crippen molar-refractivity contribution in [2.75, 3.05) is 11.9 Å². The second kappa shape index (κ2) is 8.52. The van der Waals surface area contributed by atoms with Crippen molar-refractivity contribution in [3.8, 4) is 0 Å². The maximum atomic E-state index is 11.8. The molecule has 6 nitrogen and oxygen atoms in total. The zero-order valence-corrected chi connectivity index (χ0v) is 14.5. The first-order chi connectivity index (χ1) is 11.5. The molecule has 2 rings (SSSR count). The highest BCUT2D eigenvalue weighted by molar-refractivity contribution is 6.35. The molecular formula is C16H17Cl2N5O. The number of aliphatic imine (C=N–C) groups is 1. The van der Waals surface area contributed by atoms with Crippen molar-refractivity contribution in [2.45, 2.75) is 13.0 Å². The Kier molecular flexibility index (Phi) is 6.40. The lowest BCUT2D eigenvalue weighted by molar-refractivity contribution is -0.114. The Morgan fingerprint density at radius 1 is 1.38 bits per heavy atom. The Balaban J connectivity index is 1.90. The SMILES string of the molecule is CC(NC(N)=NCC(=O)Nc1cccnc1)c1ccc(Cl)cc1Cl. The third-order valence-corrected chi connectivity index (χ3v) is 3.69. The molecule has 0 aliphatic carbocycles. The largest absolute Gasteiger partial charge is 0.370 e. The van der Waals surface area contributed by atoms with E-state index in [4.69, 9.17) is 28.9 Å². The van der Waals surface area contributed by atoms with Crippen molar-refractivity contribution in [3.63, 3.8) is 0 Å². The maximum Gasteiger partial charge on any atom is 0.246 e. The number of guanidine groups is 1. The molecule has 4 N–H and O–H groups in total. The minimum atomic E-state index is -0.287. The number of aromatic nitrogens is 1. The Morgan fingerprint density at radius 3 is 2.83 bits per heavy atom. The van der Waals surface area contributed by atoms with Crippen LogP contribution in [0.5, 0.6) is 0 Å². The van der Waals surface area contributed by atoms with E-state index >= 15 is 0 Å². The lowest BCUT2D eigenvalue weighted by Crippen LogP contribution is -2.34. The van der Waals surface area contributed by atoms with Crippen LogP contribution in [0.15, 0.2) is 47.7 Å². The summed E-state index contributed by atoms with van der Waals surface area (Å²) >= 11 is 12.0. The van der Waals surface area contributed by atoms with Gasteiger partial charge in [-0.05, 0) is 36.8 Å². The molecule has 0 spiro atoms. The van der Waals surface area contributed by atoms with E-state index in [0.29, 0.717) is 15.7 Å². The highest BCUT2D eigenvalue weighted by Gasteiger charge is 2.11. The fraction of sp³-hybridized carbons (Fsp3) is 0.188. The van der Waals surface area contributed by atoms with Gasteiger partial charge < -0.3 is 16.4 Å². The predicted octanol–water partition coefficient (Wildman–Crippen LogP) is 2.99. The summed E-state index contributed by atoms with van der Waals surface area (Å²) in [5.41, 5.74) is 7.25. The van der Waals surface area contributed by atoms with Gasteiger partial charge in [0.15, 0.2) is 5.96 Å². The number of carbonyl (C=O) groups is 1. The monoisotopic (exact) mass is 365 g/mol. The van der Waals surface area contributed by atoms with Crippen LogP contribution in [0.25, 0.3) is 0 Å². The fourth-order valence-corrected chi connectivity index (χ4v) is 2.56. The molecule has 1 unspecified atom stereocenters. The number of rotatable bonds is 5. The number of nitrogens with two attached hydrogens (primary N) is 1. The maximum absolute atomic E-state index is 11.8. The van der Waals surface area contributed by atoms with E-state index in [9.17, 15) is 4.79 Å². The minimum absolute atomic E-state index is 0.102. The molecule has 0 bridgehead atoms. The summed E-state index contributed by atoms with van der Waals surface area (Å²) in [6, 6.07) is 8.50. The van der Waals surface area contributed by atoms with Crippen LogP contribution in [-0.2, 0) is 4.79 Å². The summed E-state index contributed by atoms with van der Waals surface area (Å²) in [6.07, 6.45) is 3.17. The van der Waals surface area contributed by atoms with Gasteiger partial charge in [0.05, 0.1) is 17.9 Å². The molecule has 0 saturated heterocycles. The molecule has 1 atom stereocenters. The molecule has 1 amide bonds. The van der Waals surface area contributed by atoms with Crippen LogP contribution >= 0.6 is 23.2 Å². The summed E-state index contributed by atoms with van der Waals surface area (Å²) in [5, 5.41) is 6.75. The van der Waals surface area contributed by atoms with Gasteiger partial charge in [-0.15, -0.1) is 0 Å². The normalized spacial score (nSPS) is 12.5. The highest BCUT2D eigenvalue weighted by atomic mass is 35.5. The van der Waals surface area contributed by atoms with Crippen LogP contribution in [0.3, 0.4) is 0 Å². The lowest BCUT2D eigenvalue weighted by Gasteiger charge is -2.16. The predicted molar refractivity (Wildman–Crippen MR) is 97.4 cm³/mol. The number of amides is 1. The minimum Gasteiger partial charge on any atom is -0.370 e. The second-order valence-electron chi connectivity index (χ2n) is 5.02. The summed E-state index contributed by atoms with van der Waals surface area (Å²) < 4.78 is 0. The summed E-state index contributed by atoms with van der Waals surface area (Å²) in [4.78, 5) is 19.7. The van der Waals surface area contributed by atoms with Gasteiger partial charge in [0.25, 0.3) is 0 Å². The molecule has 0 saturated carbocycles. The number of carbonyl (C=O) groups excluding carboxylic acids is 1. The standard InChI is InChI=1S/C16H17Cl2N5O/c1-10(13-5-4-11(17)7-14(13)18)22-16(19)21-9-15(24)23-12-3-2-6-20-8-12/h2-8,10H,9H2,1H3,(H,23,24)(H3,19,21,22). The molecule has 0 fully saturated rings. The van der Waals surface area contributed by atoms with E-state index in [0.717, 1.165) is 5.56 Å². The van der Waals surface area contributed by atoms with Gasteiger partial charge in [0.1, 0.15) is 6.54 Å². The van der Waals surface area contributed by atoms with Gasteiger partial charge in [-0.2, -0.15) is 0 Å². The van der Waals surface area contributed by atoms with Crippen molar-refractivity contribution >= 4 is 40.8 Å². The fourth-order valence-electron chi connectivity index (χ4n) is 1.99. The molecule has 1 aromatic carbocycles. The van der Waals surface area contributed by atoms with Crippen LogP contribution in [0.4, 0.5) is 5.69 Å². The number of benzene rings is 1. The summed E-state index contributed by atoms with van der Waals surface area (Å²) in [6.45, 7) is 1.78. The first-order valence-electron chi connectivity index (χ1n) is 7.17. The smallest absolute Gasteiger partial charge is 0.246 e. The molecule has 0 aliphatic heterocycles. The van der Waals surface area contributed by atoms with E-state index in [-0.39, 0.29) is 24.5 Å². The molecule has 0 aliphatic rings. The Hall–Kier alpha value is -2.31. The Bertz CT molecular complexity index is 737. The first-order valence-corrected chi connectivity index (χ1v) is 7.92. The number of nitrogens with zero attached hydrogens (tertiary/aromatic N) is 2. The number of pyridine rings is 1. The van der Waals surface area contributed by atoms with Crippen LogP contribution in [0.2, 0.25) is 10.0 Å². The molecule has 0 radical (unpaired) electrons. The number of hydrogen-bond acceptors (Lipinski definition) is 3. The van der Waals surface area contributed by atoms with Crippen molar-refractivity contribution in [3.05, 3.63) is 58.3 Å². The molecule has 1 heterocycles. The zero-order chi connectivity index (χ0) is 17.5. The van der Waals surface area contributed by atoms with E-state index in [1.807, 2.05) is 13.0 Å². The number of anilines is 1. The van der Waals surface area contributed by atoms with Crippen molar-refractivity contribution in [2.24, 2.45) is 10.7 Å². The van der Waals surface area contributed by atoms with Gasteiger partial charge in [-0.3, -0.25) is 9.78 Å². The lowest BCUT2D eigenvalue weighted by atomic mass is 10.1. The average molecular weight is 366 g/mol. The third-order valence-electron chi connectivity index (χ3n) is 3.13. The Labute approximate surface area is 150 Å². The number of nitrogens with one attached hydrogen (secondary N) is 2. The quantitative estimate of drug-likeness (QED) is 0.560. The molecule has 8 heteroatoms. The van der Waals surface area contributed by atoms with Gasteiger partial charge in [0, 0.05) is 16.2 Å². The molecule has 24 heavy (non-hydrogen) atoms. The van der Waals surface area contributed by atoms with Crippen LogP contribution in [0, 0.1) is 0 Å². The van der Waals surface area contributed by atoms with Crippen LogP contribution in [-0.4, -0.2) is 23.4 Å². The van der Waals surface area contributed by atoms with Gasteiger partial charge >= 0.3 is 0 Å². The molecule has 126 valence electrons. The first kappa shape index (κ1) is 18.0. The third kappa shape index (κ3) is 5.40. The molecular weight excluding hydrogens is 349 g/mol. The van der Waals surface area contributed by atoms with Gasteiger partial charge in [-0.1, -0.05) is 29.3 Å². The van der Waals surface area contributed by atoms with Crippen molar-refractivity contribution in [1.29, 1.82) is 0 Å². The van der Waals surface area contributed by atoms with E-state index in [2.05, 4.69) is 20.6 Å². The topological polar surface area (TPSA) is 92.4 Å². The van der Waals surface area contributed by atoms with Crippen LogP contribution in [0.1, 0.15) is 18.5 Å². The van der Waals surface area contributed by atoms with Gasteiger partial charge in [-0.25, -0.2) is 4.99 Å². The number of hydrogen-bond donors (Lipinski definition) is 3. The molecule has 2 aromatic rings. The Morgan fingerprint density at radius 2 is 2.17 bits per heavy atom. The van der Waals surface area contributed by atoms with Crippen molar-refractivity contribution < 1.29 is 4.79 Å². The van der Waals surface area contributed by atoms with Crippen molar-refractivity contribution in [1.82, 2.24) is 10.3 Å². The summed E-state index contributed by atoms with van der Waals surface area (Å²) in [7, 11) is 0. The zero-order valence-electron chi connectivity index (χ0n) is 13.0. The highest BCUT2D eigenvalue weighted by Crippen LogP contribution is 2.25. The summed E-state index contributed by atoms with van der Waals surface area (Å²) in [5.74, 6) is -0.139. The van der Waals surface area contributed by atoms with Gasteiger partial charge in [0.2, 0.25) is 5.91 Å². The molecule has 1 aromatic heterocycles. The number of halogens is 2. The van der Waals surface area contributed by atoms with E-state index in [1.165, 1.54) is 0 Å². The second-order valence-corrected chi connectivity index (χ2v) is 5.87.